The molecule has 0 aromatic heterocycles. The summed E-state index contributed by atoms with van der Waals surface area (Å²) < 4.78 is 17.7. The zero-order valence-electron chi connectivity index (χ0n) is 10.7. The highest BCUT2D eigenvalue weighted by Gasteiger charge is 2.17. The third kappa shape index (κ3) is 4.43. The Bertz CT molecular complexity index is 377. The maximum absolute atomic E-state index is 12.7. The molecule has 100 valence electrons. The highest BCUT2D eigenvalue weighted by atomic mass is 19.1. The largest absolute Gasteiger partial charge is 0.370 e. The average Bonchev–Trinajstić information content (AvgIpc) is 2.33. The zero-order chi connectivity index (χ0) is 13.5. The molecule has 0 heterocycles. The molecule has 0 radical (unpaired) electrons. The van der Waals surface area contributed by atoms with Crippen molar-refractivity contribution in [1.82, 2.24) is 5.32 Å². The van der Waals surface area contributed by atoms with Crippen molar-refractivity contribution in [2.24, 2.45) is 5.73 Å². The Hall–Kier alpha value is -1.46. The molecule has 1 aromatic rings. The number of benzene rings is 1. The van der Waals surface area contributed by atoms with Crippen molar-refractivity contribution in [3.8, 4) is 0 Å². The monoisotopic (exact) mass is 254 g/mol. The molecule has 1 rings (SSSR count). The Morgan fingerprint density at radius 3 is 2.56 bits per heavy atom. The molecule has 4 nitrogen and oxygen atoms in total. The van der Waals surface area contributed by atoms with Crippen LogP contribution in [0.4, 0.5) is 4.39 Å². The van der Waals surface area contributed by atoms with Gasteiger partial charge in [0.15, 0.2) is 0 Å². The molecule has 0 fully saturated rings. The van der Waals surface area contributed by atoms with Crippen LogP contribution in [-0.4, -0.2) is 31.7 Å². The Labute approximate surface area is 106 Å². The molecule has 0 aliphatic rings. The number of amides is 1. The van der Waals surface area contributed by atoms with Gasteiger partial charge in [-0.2, -0.15) is 0 Å². The first-order chi connectivity index (χ1) is 8.56. The van der Waals surface area contributed by atoms with E-state index in [2.05, 4.69) is 5.32 Å². The minimum absolute atomic E-state index is 0.0628. The molecule has 0 aliphatic carbocycles. The second-order valence-corrected chi connectivity index (χ2v) is 4.20. The number of nitrogens with one attached hydrogen (secondary N) is 1. The van der Waals surface area contributed by atoms with Gasteiger partial charge in [0.25, 0.3) is 5.91 Å². The van der Waals surface area contributed by atoms with Crippen molar-refractivity contribution in [1.29, 1.82) is 0 Å². The number of carbonyl (C=O) groups is 1. The summed E-state index contributed by atoms with van der Waals surface area (Å²) in [5.74, 6) is -0.493. The van der Waals surface area contributed by atoms with Crippen molar-refractivity contribution in [3.63, 3.8) is 0 Å². The lowest BCUT2D eigenvalue weighted by Gasteiger charge is -2.18. The second-order valence-electron chi connectivity index (χ2n) is 4.20. The van der Waals surface area contributed by atoms with E-state index in [1.165, 1.54) is 19.2 Å². The van der Waals surface area contributed by atoms with Gasteiger partial charge < -0.3 is 15.8 Å². The van der Waals surface area contributed by atoms with E-state index in [1.54, 1.807) is 12.1 Å². The van der Waals surface area contributed by atoms with E-state index in [1.807, 2.05) is 6.92 Å². The van der Waals surface area contributed by atoms with Crippen LogP contribution >= 0.6 is 0 Å². The van der Waals surface area contributed by atoms with E-state index in [0.29, 0.717) is 6.42 Å². The highest BCUT2D eigenvalue weighted by Crippen LogP contribution is 2.06. The van der Waals surface area contributed by atoms with Crippen LogP contribution in [0.5, 0.6) is 0 Å². The first-order valence-electron chi connectivity index (χ1n) is 5.84. The molecule has 0 bridgehead atoms. The van der Waals surface area contributed by atoms with Gasteiger partial charge in [-0.25, -0.2) is 4.39 Å². The van der Waals surface area contributed by atoms with Gasteiger partial charge in [-0.3, -0.25) is 4.79 Å². The van der Waals surface area contributed by atoms with Gasteiger partial charge in [0, 0.05) is 19.7 Å². The third-order valence-electron chi connectivity index (χ3n) is 2.63. The SMILES string of the molecule is COC(CN)C(=O)NC(C)Cc1ccc(F)cc1. The second kappa shape index (κ2) is 7.08. The molecule has 2 atom stereocenters. The molecule has 0 saturated carbocycles. The number of nitrogens with two attached hydrogens (primary N) is 1. The molecule has 18 heavy (non-hydrogen) atoms. The number of methoxy groups -OCH3 is 1. The first-order valence-corrected chi connectivity index (χ1v) is 5.84. The minimum atomic E-state index is -0.624. The van der Waals surface area contributed by atoms with Crippen molar-refractivity contribution < 1.29 is 13.9 Å². The first kappa shape index (κ1) is 14.6. The molecule has 0 saturated heterocycles. The predicted molar refractivity (Wildman–Crippen MR) is 67.6 cm³/mol. The van der Waals surface area contributed by atoms with E-state index >= 15 is 0 Å². The Morgan fingerprint density at radius 1 is 1.44 bits per heavy atom. The van der Waals surface area contributed by atoms with Crippen molar-refractivity contribution >= 4 is 5.91 Å². The molecular weight excluding hydrogens is 235 g/mol. The van der Waals surface area contributed by atoms with E-state index in [0.717, 1.165) is 5.56 Å². The van der Waals surface area contributed by atoms with Crippen LogP contribution in [0, 0.1) is 5.82 Å². The summed E-state index contributed by atoms with van der Waals surface area (Å²) in [6.07, 6.45) is 0.00759. The third-order valence-corrected chi connectivity index (χ3v) is 2.63. The van der Waals surface area contributed by atoms with Gasteiger partial charge in [0.2, 0.25) is 0 Å². The van der Waals surface area contributed by atoms with Crippen LogP contribution in [-0.2, 0) is 16.0 Å². The highest BCUT2D eigenvalue weighted by molar-refractivity contribution is 5.81. The van der Waals surface area contributed by atoms with E-state index in [4.69, 9.17) is 10.5 Å². The summed E-state index contributed by atoms with van der Waals surface area (Å²) in [6, 6.07) is 6.15. The molecule has 0 spiro atoms. The number of ether oxygens (including phenoxy) is 1. The summed E-state index contributed by atoms with van der Waals surface area (Å²) >= 11 is 0. The summed E-state index contributed by atoms with van der Waals surface area (Å²) in [4.78, 5) is 11.7. The van der Waals surface area contributed by atoms with Gasteiger partial charge in [-0.05, 0) is 31.0 Å². The van der Waals surface area contributed by atoms with E-state index < -0.39 is 6.10 Å². The maximum Gasteiger partial charge on any atom is 0.250 e. The summed E-state index contributed by atoms with van der Waals surface area (Å²) in [5.41, 5.74) is 6.37. The predicted octanol–water partition coefficient (Wildman–Crippen LogP) is 0.847. The lowest BCUT2D eigenvalue weighted by molar-refractivity contribution is -0.131. The molecule has 5 heteroatoms. The number of carbonyl (C=O) groups excluding carboxylic acids is 1. The molecule has 2 unspecified atom stereocenters. The van der Waals surface area contributed by atoms with Gasteiger partial charge >= 0.3 is 0 Å². The van der Waals surface area contributed by atoms with Crippen molar-refractivity contribution in [3.05, 3.63) is 35.6 Å². The van der Waals surface area contributed by atoms with Crippen LogP contribution < -0.4 is 11.1 Å². The lowest BCUT2D eigenvalue weighted by atomic mass is 10.1. The Kier molecular flexibility index (Phi) is 5.74. The Balaban J connectivity index is 2.48. The fourth-order valence-corrected chi connectivity index (χ4v) is 1.67. The van der Waals surface area contributed by atoms with Crippen LogP contribution in [0.2, 0.25) is 0 Å². The maximum atomic E-state index is 12.7. The van der Waals surface area contributed by atoms with Crippen molar-refractivity contribution in [2.75, 3.05) is 13.7 Å². The smallest absolute Gasteiger partial charge is 0.250 e. The molecular formula is C13H19FN2O2. The van der Waals surface area contributed by atoms with Gasteiger partial charge in [0.05, 0.1) is 0 Å². The number of hydrogen-bond donors (Lipinski definition) is 2. The topological polar surface area (TPSA) is 64.3 Å². The average molecular weight is 254 g/mol. The molecule has 1 aromatic carbocycles. The fraction of sp³-hybridized carbons (Fsp3) is 0.462. The standard InChI is InChI=1S/C13H19FN2O2/c1-9(16-13(17)12(8-15)18-2)7-10-3-5-11(14)6-4-10/h3-6,9,12H,7-8,15H2,1-2H3,(H,16,17). The normalized spacial score (nSPS) is 14.0. The van der Waals surface area contributed by atoms with Crippen LogP contribution in [0.15, 0.2) is 24.3 Å². The quantitative estimate of drug-likeness (QED) is 0.791. The van der Waals surface area contributed by atoms with Gasteiger partial charge in [-0.15, -0.1) is 0 Å². The lowest BCUT2D eigenvalue weighted by Crippen LogP contribution is -2.44. The summed E-state index contributed by atoms with van der Waals surface area (Å²) in [5, 5.41) is 2.81. The number of hydrogen-bond acceptors (Lipinski definition) is 3. The zero-order valence-corrected chi connectivity index (χ0v) is 10.7. The van der Waals surface area contributed by atoms with Crippen LogP contribution in [0.3, 0.4) is 0 Å². The van der Waals surface area contributed by atoms with Gasteiger partial charge in [-0.1, -0.05) is 12.1 Å². The van der Waals surface area contributed by atoms with Crippen molar-refractivity contribution in [2.45, 2.75) is 25.5 Å². The Morgan fingerprint density at radius 2 is 2.06 bits per heavy atom. The molecule has 0 aliphatic heterocycles. The minimum Gasteiger partial charge on any atom is -0.370 e. The summed E-state index contributed by atoms with van der Waals surface area (Å²) in [7, 11) is 1.45. The molecule has 1 amide bonds. The van der Waals surface area contributed by atoms with E-state index in [-0.39, 0.29) is 24.3 Å². The fourth-order valence-electron chi connectivity index (χ4n) is 1.67. The molecule has 3 N–H and O–H groups in total. The van der Waals surface area contributed by atoms with Crippen LogP contribution in [0.25, 0.3) is 0 Å². The summed E-state index contributed by atoms with van der Waals surface area (Å²) in [6.45, 7) is 2.02. The van der Waals surface area contributed by atoms with Gasteiger partial charge in [0.1, 0.15) is 11.9 Å². The van der Waals surface area contributed by atoms with E-state index in [9.17, 15) is 9.18 Å². The van der Waals surface area contributed by atoms with Crippen LogP contribution in [0.1, 0.15) is 12.5 Å². The number of rotatable bonds is 6. The number of halogens is 1.